The summed E-state index contributed by atoms with van der Waals surface area (Å²) in [4.78, 5) is 22.9. The van der Waals surface area contributed by atoms with Crippen molar-refractivity contribution in [1.29, 1.82) is 0 Å². The summed E-state index contributed by atoms with van der Waals surface area (Å²) < 4.78 is 0. The number of hydrogen-bond donors (Lipinski definition) is 2. The van der Waals surface area contributed by atoms with Crippen LogP contribution in [0.25, 0.3) is 10.9 Å². The number of halogens is 1. The van der Waals surface area contributed by atoms with E-state index in [1.165, 1.54) is 10.9 Å². The number of carbonyl (C=O) groups is 1. The topological polar surface area (TPSA) is 61.0 Å². The highest BCUT2D eigenvalue weighted by molar-refractivity contribution is 6.30. The highest BCUT2D eigenvalue weighted by Gasteiger charge is 2.34. The number of benzene rings is 2. The van der Waals surface area contributed by atoms with E-state index in [2.05, 4.69) is 27.4 Å². The number of hydrogen-bond acceptors (Lipinski definition) is 2. The van der Waals surface area contributed by atoms with Crippen molar-refractivity contribution in [3.63, 3.8) is 0 Å². The number of pyridine rings is 1. The Labute approximate surface area is 173 Å². The van der Waals surface area contributed by atoms with Crippen molar-refractivity contribution < 1.29 is 4.79 Å². The number of anilines is 1. The minimum Gasteiger partial charge on any atom is -0.356 e. The minimum absolute atomic E-state index is 0.162. The molecule has 0 radical (unpaired) electrons. The van der Waals surface area contributed by atoms with Crippen LogP contribution in [0.4, 0.5) is 10.5 Å². The van der Waals surface area contributed by atoms with Gasteiger partial charge in [0, 0.05) is 46.2 Å². The quantitative estimate of drug-likeness (QED) is 0.471. The van der Waals surface area contributed by atoms with E-state index in [1.54, 1.807) is 18.3 Å². The summed E-state index contributed by atoms with van der Waals surface area (Å²) in [6.45, 7) is 0.612. The fourth-order valence-electron chi connectivity index (χ4n) is 4.11. The van der Waals surface area contributed by atoms with E-state index in [4.69, 9.17) is 11.6 Å². The van der Waals surface area contributed by atoms with E-state index in [0.29, 0.717) is 17.3 Å². The molecule has 2 amide bonds. The van der Waals surface area contributed by atoms with Crippen molar-refractivity contribution in [3.05, 3.63) is 94.9 Å². The summed E-state index contributed by atoms with van der Waals surface area (Å²) in [7, 11) is 0. The predicted octanol–water partition coefficient (Wildman–Crippen LogP) is 5.40. The Kier molecular flexibility index (Phi) is 4.45. The second kappa shape index (κ2) is 7.26. The number of fused-ring (bicyclic) bond motifs is 3. The van der Waals surface area contributed by atoms with Crippen molar-refractivity contribution in [2.24, 2.45) is 0 Å². The summed E-state index contributed by atoms with van der Waals surface area (Å²) in [5.74, 6) is 0. The molecule has 1 aliphatic heterocycles. The maximum Gasteiger partial charge on any atom is 0.322 e. The maximum atomic E-state index is 13.2. The Bertz CT molecular complexity index is 1190. The molecule has 2 aromatic carbocycles. The maximum absolute atomic E-state index is 13.2. The van der Waals surface area contributed by atoms with E-state index in [9.17, 15) is 4.79 Å². The number of aromatic nitrogens is 2. The van der Waals surface area contributed by atoms with Gasteiger partial charge < -0.3 is 15.2 Å². The standard InChI is InChI=1S/C23H19ClN4O/c24-16-6-3-7-17(13-16)26-23(29)28-12-10-19-18-8-1-2-9-20(18)27-21(19)22(28)15-5-4-11-25-14-15/h1-9,11,13-14,22,27H,10,12H2,(H,26,29)/t22-/m1/s1. The Morgan fingerprint density at radius 1 is 1.14 bits per heavy atom. The van der Waals surface area contributed by atoms with Crippen LogP contribution in [-0.2, 0) is 6.42 Å². The van der Waals surface area contributed by atoms with Crippen molar-refractivity contribution >= 4 is 34.2 Å². The smallest absolute Gasteiger partial charge is 0.322 e. The van der Waals surface area contributed by atoms with Crippen molar-refractivity contribution in [2.75, 3.05) is 11.9 Å². The lowest BCUT2D eigenvalue weighted by molar-refractivity contribution is 0.193. The monoisotopic (exact) mass is 402 g/mol. The SMILES string of the molecule is O=C(Nc1cccc(Cl)c1)N1CCc2c([nH]c3ccccc23)[C@H]1c1cccnc1. The number of urea groups is 1. The van der Waals surface area contributed by atoms with Gasteiger partial charge in [0.05, 0.1) is 0 Å². The first kappa shape index (κ1) is 17.8. The summed E-state index contributed by atoms with van der Waals surface area (Å²) >= 11 is 6.07. The third-order valence-corrected chi connectivity index (χ3v) is 5.61. The van der Waals surface area contributed by atoms with Gasteiger partial charge in [-0.05, 0) is 47.9 Å². The van der Waals surface area contributed by atoms with Crippen molar-refractivity contribution in [3.8, 4) is 0 Å². The molecule has 0 aliphatic carbocycles. The molecular weight excluding hydrogens is 384 g/mol. The summed E-state index contributed by atoms with van der Waals surface area (Å²) in [6, 6.07) is 19.0. The van der Waals surface area contributed by atoms with Gasteiger partial charge in [-0.3, -0.25) is 4.98 Å². The second-order valence-corrected chi connectivity index (χ2v) is 7.57. The molecule has 4 aromatic rings. The average Bonchev–Trinajstić information content (AvgIpc) is 3.12. The van der Waals surface area contributed by atoms with Gasteiger partial charge in [-0.25, -0.2) is 4.79 Å². The van der Waals surface area contributed by atoms with Crippen LogP contribution < -0.4 is 5.32 Å². The lowest BCUT2D eigenvalue weighted by atomic mass is 9.93. The van der Waals surface area contributed by atoms with E-state index in [1.807, 2.05) is 47.5 Å². The number of aromatic amines is 1. The first-order valence-electron chi connectivity index (χ1n) is 9.53. The molecule has 2 N–H and O–H groups in total. The van der Waals surface area contributed by atoms with E-state index >= 15 is 0 Å². The first-order valence-corrected chi connectivity index (χ1v) is 9.91. The van der Waals surface area contributed by atoms with E-state index < -0.39 is 0 Å². The van der Waals surface area contributed by atoms with Crippen molar-refractivity contribution in [1.82, 2.24) is 14.9 Å². The van der Waals surface area contributed by atoms with Gasteiger partial charge in [0.1, 0.15) is 6.04 Å². The number of rotatable bonds is 2. The summed E-state index contributed by atoms with van der Waals surface area (Å²) in [5.41, 5.74) is 5.05. The molecule has 2 aromatic heterocycles. The fraction of sp³-hybridized carbons (Fsp3) is 0.130. The molecular formula is C23H19ClN4O. The van der Waals surface area contributed by atoms with Gasteiger partial charge in [-0.1, -0.05) is 41.9 Å². The number of para-hydroxylation sites is 1. The van der Waals surface area contributed by atoms with Gasteiger partial charge in [-0.15, -0.1) is 0 Å². The van der Waals surface area contributed by atoms with Crippen LogP contribution in [0.1, 0.15) is 22.9 Å². The Morgan fingerprint density at radius 3 is 2.86 bits per heavy atom. The molecule has 0 fully saturated rings. The second-order valence-electron chi connectivity index (χ2n) is 7.14. The van der Waals surface area contributed by atoms with Gasteiger partial charge in [0.2, 0.25) is 0 Å². The zero-order chi connectivity index (χ0) is 19.8. The highest BCUT2D eigenvalue weighted by Crippen LogP contribution is 2.38. The zero-order valence-corrected chi connectivity index (χ0v) is 16.4. The average molecular weight is 403 g/mol. The van der Waals surface area contributed by atoms with Gasteiger partial charge in [0.15, 0.2) is 0 Å². The van der Waals surface area contributed by atoms with Gasteiger partial charge in [0.25, 0.3) is 0 Å². The molecule has 6 heteroatoms. The number of carbonyl (C=O) groups excluding carboxylic acids is 1. The first-order chi connectivity index (χ1) is 14.2. The molecule has 0 unspecified atom stereocenters. The van der Waals surface area contributed by atoms with Crippen LogP contribution >= 0.6 is 11.6 Å². The molecule has 3 heterocycles. The number of nitrogens with one attached hydrogen (secondary N) is 2. The Hall–Kier alpha value is -3.31. The number of nitrogens with zero attached hydrogens (tertiary/aromatic N) is 2. The Morgan fingerprint density at radius 2 is 2.03 bits per heavy atom. The lowest BCUT2D eigenvalue weighted by Crippen LogP contribution is -2.43. The Balaban J connectivity index is 1.57. The van der Waals surface area contributed by atoms with Gasteiger partial charge in [-0.2, -0.15) is 0 Å². The van der Waals surface area contributed by atoms with Crippen LogP contribution in [0.3, 0.4) is 0 Å². The molecule has 29 heavy (non-hydrogen) atoms. The molecule has 1 atom stereocenters. The molecule has 1 aliphatic rings. The van der Waals surface area contributed by atoms with Crippen LogP contribution in [0, 0.1) is 0 Å². The third-order valence-electron chi connectivity index (χ3n) is 5.37. The molecule has 0 bridgehead atoms. The van der Waals surface area contributed by atoms with Crippen LogP contribution in [0.15, 0.2) is 73.1 Å². The number of amides is 2. The van der Waals surface area contributed by atoms with Crippen molar-refractivity contribution in [2.45, 2.75) is 12.5 Å². The predicted molar refractivity (Wildman–Crippen MR) is 115 cm³/mol. The third kappa shape index (κ3) is 3.23. The largest absolute Gasteiger partial charge is 0.356 e. The lowest BCUT2D eigenvalue weighted by Gasteiger charge is -2.36. The molecule has 144 valence electrons. The summed E-state index contributed by atoms with van der Waals surface area (Å²) in [5, 5.41) is 4.79. The number of H-pyrrole nitrogens is 1. The van der Waals surface area contributed by atoms with Crippen LogP contribution in [-0.4, -0.2) is 27.4 Å². The fourth-order valence-corrected chi connectivity index (χ4v) is 4.30. The normalized spacial score (nSPS) is 15.9. The van der Waals surface area contributed by atoms with Gasteiger partial charge >= 0.3 is 6.03 Å². The van der Waals surface area contributed by atoms with E-state index in [-0.39, 0.29) is 12.1 Å². The van der Waals surface area contributed by atoms with Crippen LogP contribution in [0.2, 0.25) is 5.02 Å². The zero-order valence-electron chi connectivity index (χ0n) is 15.6. The molecule has 0 spiro atoms. The van der Waals surface area contributed by atoms with E-state index in [0.717, 1.165) is 23.2 Å². The molecule has 0 saturated carbocycles. The molecule has 5 nitrogen and oxygen atoms in total. The summed E-state index contributed by atoms with van der Waals surface area (Å²) in [6.07, 6.45) is 4.36. The molecule has 0 saturated heterocycles. The van der Waals surface area contributed by atoms with Crippen LogP contribution in [0.5, 0.6) is 0 Å². The molecule has 5 rings (SSSR count). The highest BCUT2D eigenvalue weighted by atomic mass is 35.5. The minimum atomic E-state index is -0.237.